The highest BCUT2D eigenvalue weighted by atomic mass is 32.1. The van der Waals surface area contributed by atoms with Gasteiger partial charge in [0.2, 0.25) is 5.75 Å². The highest BCUT2D eigenvalue weighted by Gasteiger charge is 2.24. The number of thiophene rings is 1. The number of piperazine rings is 1. The molecule has 230 valence electrons. The maximum absolute atomic E-state index is 5.70. The lowest BCUT2D eigenvalue weighted by molar-refractivity contribution is 0.112. The van der Waals surface area contributed by atoms with Crippen LogP contribution in [-0.4, -0.2) is 63.9 Å². The van der Waals surface area contributed by atoms with E-state index in [-0.39, 0.29) is 0 Å². The molecule has 4 rings (SSSR count). The molecule has 0 unspecified atom stereocenters. The van der Waals surface area contributed by atoms with Crippen molar-refractivity contribution in [2.45, 2.75) is 72.8 Å². The SMILES string of the molecule is COc1ccc(CN2CCN(CCC(C)(C)CCc3ccc(CCCc4ccc(C)cc4C)s3)CC2)c(OC)c1OC. The Labute approximate surface area is 258 Å². The summed E-state index contributed by atoms with van der Waals surface area (Å²) in [6, 6.07) is 15.7. The minimum Gasteiger partial charge on any atom is -0.493 e. The molecule has 1 aliphatic heterocycles. The lowest BCUT2D eigenvalue weighted by Gasteiger charge is -2.36. The lowest BCUT2D eigenvalue weighted by Crippen LogP contribution is -2.46. The second-order valence-corrected chi connectivity index (χ2v) is 13.9. The van der Waals surface area contributed by atoms with Crippen LogP contribution >= 0.6 is 11.3 Å². The molecule has 0 N–H and O–H groups in total. The topological polar surface area (TPSA) is 34.2 Å². The smallest absolute Gasteiger partial charge is 0.203 e. The van der Waals surface area contributed by atoms with E-state index in [2.05, 4.69) is 73.9 Å². The van der Waals surface area contributed by atoms with Crippen molar-refractivity contribution in [1.29, 1.82) is 0 Å². The van der Waals surface area contributed by atoms with Crippen molar-refractivity contribution in [3.8, 4) is 17.2 Å². The molecule has 1 aliphatic rings. The number of rotatable bonds is 15. The van der Waals surface area contributed by atoms with E-state index < -0.39 is 0 Å². The molecule has 1 aromatic heterocycles. The first-order valence-electron chi connectivity index (χ1n) is 15.6. The molecule has 2 heterocycles. The van der Waals surface area contributed by atoms with Gasteiger partial charge in [0.1, 0.15) is 0 Å². The lowest BCUT2D eigenvalue weighted by atomic mass is 9.84. The fourth-order valence-corrected chi connectivity index (χ4v) is 7.08. The normalized spacial score (nSPS) is 14.7. The zero-order chi connectivity index (χ0) is 30.1. The minimum atomic E-state index is 0.345. The summed E-state index contributed by atoms with van der Waals surface area (Å²) in [5.41, 5.74) is 5.77. The van der Waals surface area contributed by atoms with E-state index in [1.807, 2.05) is 17.4 Å². The Hall–Kier alpha value is -2.54. The first kappa shape index (κ1) is 32.4. The average Bonchev–Trinajstić information content (AvgIpc) is 3.44. The van der Waals surface area contributed by atoms with Gasteiger partial charge in [-0.25, -0.2) is 0 Å². The van der Waals surface area contributed by atoms with E-state index >= 15 is 0 Å². The molecule has 0 atom stereocenters. The van der Waals surface area contributed by atoms with Crippen molar-refractivity contribution in [2.24, 2.45) is 5.41 Å². The largest absolute Gasteiger partial charge is 0.493 e. The predicted octanol–water partition coefficient (Wildman–Crippen LogP) is 7.73. The highest BCUT2D eigenvalue weighted by molar-refractivity contribution is 7.11. The molecule has 0 bridgehead atoms. The van der Waals surface area contributed by atoms with Gasteiger partial charge in [0.25, 0.3) is 0 Å². The van der Waals surface area contributed by atoms with Crippen LogP contribution in [0, 0.1) is 19.3 Å². The monoisotopic (exact) mass is 592 g/mol. The Kier molecular flexibility index (Phi) is 11.8. The maximum Gasteiger partial charge on any atom is 0.203 e. The fraction of sp³-hybridized carbons (Fsp3) is 0.556. The summed E-state index contributed by atoms with van der Waals surface area (Å²) in [6.07, 6.45) is 7.26. The zero-order valence-corrected chi connectivity index (χ0v) is 27.9. The number of benzene rings is 2. The number of nitrogens with zero attached hydrogens (tertiary/aromatic N) is 2. The van der Waals surface area contributed by atoms with Gasteiger partial charge >= 0.3 is 0 Å². The van der Waals surface area contributed by atoms with Crippen molar-refractivity contribution in [3.05, 3.63) is 74.5 Å². The van der Waals surface area contributed by atoms with Gasteiger partial charge in [-0.15, -0.1) is 11.3 Å². The number of hydrogen-bond donors (Lipinski definition) is 0. The Bertz CT molecular complexity index is 1280. The fourth-order valence-electron chi connectivity index (χ4n) is 6.02. The van der Waals surface area contributed by atoms with Crippen LogP contribution in [0.5, 0.6) is 17.2 Å². The first-order valence-corrected chi connectivity index (χ1v) is 16.4. The van der Waals surface area contributed by atoms with E-state index in [0.29, 0.717) is 16.9 Å². The molecule has 6 heteroatoms. The van der Waals surface area contributed by atoms with Gasteiger partial charge in [0, 0.05) is 48.0 Å². The molecule has 0 radical (unpaired) electrons. The summed E-state index contributed by atoms with van der Waals surface area (Å²) in [5.74, 6) is 2.15. The Morgan fingerprint density at radius 3 is 2.05 bits per heavy atom. The van der Waals surface area contributed by atoms with Crippen LogP contribution in [0.4, 0.5) is 0 Å². The first-order chi connectivity index (χ1) is 20.2. The van der Waals surface area contributed by atoms with E-state index in [4.69, 9.17) is 14.2 Å². The highest BCUT2D eigenvalue weighted by Crippen LogP contribution is 2.40. The van der Waals surface area contributed by atoms with Crippen molar-refractivity contribution < 1.29 is 14.2 Å². The van der Waals surface area contributed by atoms with Crippen molar-refractivity contribution in [2.75, 3.05) is 54.1 Å². The van der Waals surface area contributed by atoms with Crippen LogP contribution in [0.3, 0.4) is 0 Å². The number of aryl methyl sites for hydroxylation is 5. The van der Waals surface area contributed by atoms with Gasteiger partial charge in [0.05, 0.1) is 21.3 Å². The summed E-state index contributed by atoms with van der Waals surface area (Å²) in [7, 11) is 5.02. The number of hydrogen-bond acceptors (Lipinski definition) is 6. The van der Waals surface area contributed by atoms with Crippen LogP contribution < -0.4 is 14.2 Å². The van der Waals surface area contributed by atoms with Crippen molar-refractivity contribution >= 4 is 11.3 Å². The molecule has 2 aromatic carbocycles. The summed E-state index contributed by atoms with van der Waals surface area (Å²) in [6.45, 7) is 15.7. The van der Waals surface area contributed by atoms with Crippen LogP contribution in [-0.2, 0) is 25.8 Å². The number of ether oxygens (including phenoxy) is 3. The van der Waals surface area contributed by atoms with Gasteiger partial charge in [0.15, 0.2) is 11.5 Å². The summed E-state index contributed by atoms with van der Waals surface area (Å²) >= 11 is 2.03. The quantitative estimate of drug-likeness (QED) is 0.180. The molecule has 0 amide bonds. The van der Waals surface area contributed by atoms with E-state index in [1.54, 1.807) is 26.2 Å². The number of methoxy groups -OCH3 is 3. The van der Waals surface area contributed by atoms with Crippen LogP contribution in [0.25, 0.3) is 0 Å². The summed E-state index contributed by atoms with van der Waals surface area (Å²) in [4.78, 5) is 8.24. The van der Waals surface area contributed by atoms with Gasteiger partial charge in [-0.05, 0) is 93.7 Å². The summed E-state index contributed by atoms with van der Waals surface area (Å²) < 4.78 is 16.7. The third-order valence-corrected chi connectivity index (χ3v) is 10.1. The molecule has 0 aliphatic carbocycles. The van der Waals surface area contributed by atoms with Gasteiger partial charge in [-0.1, -0.05) is 43.7 Å². The average molecular weight is 593 g/mol. The van der Waals surface area contributed by atoms with Crippen molar-refractivity contribution in [1.82, 2.24) is 9.80 Å². The Morgan fingerprint density at radius 1 is 0.714 bits per heavy atom. The molecular weight excluding hydrogens is 540 g/mol. The summed E-state index contributed by atoms with van der Waals surface area (Å²) in [5, 5.41) is 0. The molecule has 1 saturated heterocycles. The molecule has 0 saturated carbocycles. The molecule has 42 heavy (non-hydrogen) atoms. The second-order valence-electron chi connectivity index (χ2n) is 12.7. The van der Waals surface area contributed by atoms with E-state index in [1.165, 1.54) is 66.6 Å². The Balaban J connectivity index is 1.16. The van der Waals surface area contributed by atoms with Crippen LogP contribution in [0.15, 0.2) is 42.5 Å². The van der Waals surface area contributed by atoms with Crippen LogP contribution in [0.2, 0.25) is 0 Å². The Morgan fingerprint density at radius 2 is 1.38 bits per heavy atom. The minimum absolute atomic E-state index is 0.345. The van der Waals surface area contributed by atoms with Crippen LogP contribution in [0.1, 0.15) is 65.1 Å². The van der Waals surface area contributed by atoms with E-state index in [9.17, 15) is 0 Å². The third kappa shape index (κ3) is 8.98. The molecule has 0 spiro atoms. The molecule has 1 fully saturated rings. The van der Waals surface area contributed by atoms with Crippen molar-refractivity contribution in [3.63, 3.8) is 0 Å². The third-order valence-electron chi connectivity index (χ3n) is 8.88. The van der Waals surface area contributed by atoms with Gasteiger partial charge in [-0.3, -0.25) is 4.90 Å². The molecule has 5 nitrogen and oxygen atoms in total. The molecule has 3 aromatic rings. The second kappa shape index (κ2) is 15.3. The van der Waals surface area contributed by atoms with Gasteiger partial charge in [-0.2, -0.15) is 0 Å². The zero-order valence-electron chi connectivity index (χ0n) is 27.1. The standard InChI is InChI=1S/C36H52N2O3S/c1-27-11-12-29(28(2)25-27)9-8-10-31-14-15-32(42-31)17-18-36(3,4)19-20-37-21-23-38(24-22-37)26-30-13-16-33(39-5)35(41-7)34(30)40-6/h11-16,25H,8-10,17-24,26H2,1-7H3. The maximum atomic E-state index is 5.70. The van der Waals surface area contributed by atoms with E-state index in [0.717, 1.165) is 44.0 Å². The van der Waals surface area contributed by atoms with Gasteiger partial charge < -0.3 is 19.1 Å². The molecular formula is C36H52N2O3S. The predicted molar refractivity (Wildman–Crippen MR) is 177 cm³/mol.